The molecule has 3 aromatic rings. The molecule has 0 saturated heterocycles. The zero-order valence-electron chi connectivity index (χ0n) is 14.4. The number of nitrogens with zero attached hydrogens (tertiary/aromatic N) is 3. The second kappa shape index (κ2) is 7.25. The molecule has 1 aromatic carbocycles. The molecule has 0 bridgehead atoms. The number of esters is 1. The second-order valence-corrected chi connectivity index (χ2v) is 5.73. The molecule has 0 spiro atoms. The minimum absolute atomic E-state index is 0.334. The van der Waals surface area contributed by atoms with E-state index in [1.54, 1.807) is 26.1 Å². The Balaban J connectivity index is 1.80. The molecule has 0 unspecified atom stereocenters. The largest absolute Gasteiger partial charge is 0.461 e. The van der Waals surface area contributed by atoms with Gasteiger partial charge in [-0.15, -0.1) is 0 Å². The fourth-order valence-electron chi connectivity index (χ4n) is 2.48. The number of aromatic nitrogens is 3. The Morgan fingerprint density at radius 3 is 2.60 bits per heavy atom. The van der Waals surface area contributed by atoms with Crippen LogP contribution in [-0.2, 0) is 11.2 Å². The van der Waals surface area contributed by atoms with E-state index < -0.39 is 5.97 Å². The van der Waals surface area contributed by atoms with Gasteiger partial charge in [-0.1, -0.05) is 29.4 Å². The van der Waals surface area contributed by atoms with Gasteiger partial charge in [0.1, 0.15) is 5.69 Å². The van der Waals surface area contributed by atoms with Crippen molar-refractivity contribution in [2.45, 2.75) is 27.2 Å². The number of hydrogen-bond donors (Lipinski definition) is 0. The van der Waals surface area contributed by atoms with E-state index in [4.69, 9.17) is 9.26 Å². The van der Waals surface area contributed by atoms with Crippen LogP contribution >= 0.6 is 0 Å². The topological polar surface area (TPSA) is 78.1 Å². The number of pyridine rings is 1. The lowest BCUT2D eigenvalue weighted by molar-refractivity contribution is 0.0519. The summed E-state index contributed by atoms with van der Waals surface area (Å²) in [5, 5.41) is 3.92. The van der Waals surface area contributed by atoms with E-state index >= 15 is 0 Å². The van der Waals surface area contributed by atoms with Gasteiger partial charge in [-0.25, -0.2) is 9.78 Å². The summed E-state index contributed by atoms with van der Waals surface area (Å²) in [6, 6.07) is 9.75. The molecule has 0 aliphatic heterocycles. The van der Waals surface area contributed by atoms with Gasteiger partial charge in [-0.05, 0) is 43.0 Å². The van der Waals surface area contributed by atoms with Crippen LogP contribution in [-0.4, -0.2) is 27.7 Å². The fourth-order valence-corrected chi connectivity index (χ4v) is 2.48. The van der Waals surface area contributed by atoms with Gasteiger partial charge in [0, 0.05) is 18.7 Å². The monoisotopic (exact) mass is 337 g/mol. The molecule has 0 radical (unpaired) electrons. The van der Waals surface area contributed by atoms with Gasteiger partial charge in [0.05, 0.1) is 6.61 Å². The van der Waals surface area contributed by atoms with Crippen molar-refractivity contribution in [3.63, 3.8) is 0 Å². The summed E-state index contributed by atoms with van der Waals surface area (Å²) in [7, 11) is 0. The van der Waals surface area contributed by atoms with Crippen LogP contribution in [0.25, 0.3) is 11.4 Å². The molecule has 0 amide bonds. The molecular weight excluding hydrogens is 318 g/mol. The van der Waals surface area contributed by atoms with Crippen molar-refractivity contribution in [2.75, 3.05) is 6.61 Å². The summed E-state index contributed by atoms with van der Waals surface area (Å²) in [5.41, 5.74) is 4.43. The van der Waals surface area contributed by atoms with E-state index in [2.05, 4.69) is 15.1 Å². The van der Waals surface area contributed by atoms with E-state index in [9.17, 15) is 4.79 Å². The first-order valence-corrected chi connectivity index (χ1v) is 8.09. The number of aryl methyl sites for hydroxylation is 2. The highest BCUT2D eigenvalue weighted by atomic mass is 16.5. The zero-order valence-corrected chi connectivity index (χ0v) is 14.4. The van der Waals surface area contributed by atoms with Crippen molar-refractivity contribution in [3.8, 4) is 11.4 Å². The lowest BCUT2D eigenvalue weighted by atomic mass is 10.0. The maximum absolute atomic E-state index is 11.9. The molecule has 0 fully saturated rings. The standard InChI is InChI=1S/C19H19N3O3/c1-4-24-19(23)17-10-16(12(2)11-20-17)9-14-5-7-15(8-6-14)18-21-13(3)25-22-18/h5-8,10-11H,4,9H2,1-3H3. The predicted molar refractivity (Wildman–Crippen MR) is 92.2 cm³/mol. The smallest absolute Gasteiger partial charge is 0.356 e. The van der Waals surface area contributed by atoms with Gasteiger partial charge < -0.3 is 9.26 Å². The maximum atomic E-state index is 11.9. The van der Waals surface area contributed by atoms with Gasteiger partial charge in [0.15, 0.2) is 0 Å². The van der Waals surface area contributed by atoms with Crippen molar-refractivity contribution >= 4 is 5.97 Å². The van der Waals surface area contributed by atoms with Crippen LogP contribution in [0.3, 0.4) is 0 Å². The third-order valence-corrected chi connectivity index (χ3v) is 3.83. The number of hydrogen-bond acceptors (Lipinski definition) is 6. The van der Waals surface area contributed by atoms with Gasteiger partial charge in [-0.3, -0.25) is 0 Å². The Bertz CT molecular complexity index is 885. The van der Waals surface area contributed by atoms with Crippen LogP contribution in [0.2, 0.25) is 0 Å². The number of carbonyl (C=O) groups is 1. The summed E-state index contributed by atoms with van der Waals surface area (Å²) in [4.78, 5) is 20.2. The molecule has 0 aliphatic carbocycles. The molecule has 0 aliphatic rings. The van der Waals surface area contributed by atoms with Crippen LogP contribution in [0.4, 0.5) is 0 Å². The fraction of sp³-hybridized carbons (Fsp3) is 0.263. The van der Waals surface area contributed by atoms with Gasteiger partial charge >= 0.3 is 5.97 Å². The van der Waals surface area contributed by atoms with E-state index in [1.165, 1.54) is 0 Å². The molecule has 0 atom stereocenters. The number of rotatable bonds is 5. The van der Waals surface area contributed by atoms with Gasteiger partial charge in [0.25, 0.3) is 0 Å². The minimum Gasteiger partial charge on any atom is -0.461 e. The molecule has 3 rings (SSSR count). The molecule has 128 valence electrons. The lowest BCUT2D eigenvalue weighted by Crippen LogP contribution is -2.08. The summed E-state index contributed by atoms with van der Waals surface area (Å²) in [5.74, 6) is 0.721. The quantitative estimate of drug-likeness (QED) is 0.663. The van der Waals surface area contributed by atoms with E-state index in [1.807, 2.05) is 31.2 Å². The maximum Gasteiger partial charge on any atom is 0.356 e. The Morgan fingerprint density at radius 2 is 1.96 bits per heavy atom. The van der Waals surface area contributed by atoms with Crippen molar-refractivity contribution in [1.82, 2.24) is 15.1 Å². The third kappa shape index (κ3) is 3.91. The highest BCUT2D eigenvalue weighted by molar-refractivity contribution is 5.87. The molecule has 6 nitrogen and oxygen atoms in total. The number of ether oxygens (including phenoxy) is 1. The van der Waals surface area contributed by atoms with Gasteiger partial charge in [0.2, 0.25) is 11.7 Å². The Labute approximate surface area is 145 Å². The number of benzene rings is 1. The first-order chi connectivity index (χ1) is 12.1. The molecule has 2 aromatic heterocycles. The second-order valence-electron chi connectivity index (χ2n) is 5.73. The average Bonchev–Trinajstić information content (AvgIpc) is 3.04. The first kappa shape index (κ1) is 16.8. The SMILES string of the molecule is CCOC(=O)c1cc(Cc2ccc(-c3noc(C)n3)cc2)c(C)cn1. The molecule has 0 saturated carbocycles. The zero-order chi connectivity index (χ0) is 17.8. The van der Waals surface area contributed by atoms with Crippen LogP contribution < -0.4 is 0 Å². The Kier molecular flexibility index (Phi) is 4.88. The summed E-state index contributed by atoms with van der Waals surface area (Å²) >= 11 is 0. The lowest BCUT2D eigenvalue weighted by Gasteiger charge is -2.08. The van der Waals surface area contributed by atoms with Crippen molar-refractivity contribution in [2.24, 2.45) is 0 Å². The Hall–Kier alpha value is -3.02. The molecule has 6 heteroatoms. The van der Waals surface area contributed by atoms with E-state index in [-0.39, 0.29) is 0 Å². The predicted octanol–water partition coefficient (Wildman–Crippen LogP) is 3.52. The summed E-state index contributed by atoms with van der Waals surface area (Å²) < 4.78 is 10.0. The molecule has 0 N–H and O–H groups in total. The Morgan fingerprint density at radius 1 is 1.20 bits per heavy atom. The van der Waals surface area contributed by atoms with Crippen LogP contribution in [0.1, 0.15) is 40.0 Å². The van der Waals surface area contributed by atoms with Crippen LogP contribution in [0.5, 0.6) is 0 Å². The molecule has 2 heterocycles. The normalized spacial score (nSPS) is 10.7. The van der Waals surface area contributed by atoms with Crippen LogP contribution in [0.15, 0.2) is 41.1 Å². The average molecular weight is 337 g/mol. The molecular formula is C19H19N3O3. The third-order valence-electron chi connectivity index (χ3n) is 3.83. The van der Waals surface area contributed by atoms with Crippen LogP contribution in [0, 0.1) is 13.8 Å². The first-order valence-electron chi connectivity index (χ1n) is 8.09. The highest BCUT2D eigenvalue weighted by Gasteiger charge is 2.11. The van der Waals surface area contributed by atoms with E-state index in [0.29, 0.717) is 30.4 Å². The highest BCUT2D eigenvalue weighted by Crippen LogP contribution is 2.19. The summed E-state index contributed by atoms with van der Waals surface area (Å²) in [6.45, 7) is 5.85. The minimum atomic E-state index is -0.397. The van der Waals surface area contributed by atoms with E-state index in [0.717, 1.165) is 22.3 Å². The van der Waals surface area contributed by atoms with Gasteiger partial charge in [-0.2, -0.15) is 4.98 Å². The van der Waals surface area contributed by atoms with Crippen molar-refractivity contribution in [1.29, 1.82) is 0 Å². The number of carbonyl (C=O) groups excluding carboxylic acids is 1. The summed E-state index contributed by atoms with van der Waals surface area (Å²) in [6.07, 6.45) is 2.41. The van der Waals surface area contributed by atoms with Crippen molar-refractivity contribution < 1.29 is 14.1 Å². The molecule has 25 heavy (non-hydrogen) atoms. The van der Waals surface area contributed by atoms with Crippen molar-refractivity contribution in [3.05, 3.63) is 64.8 Å².